The van der Waals surface area contributed by atoms with Gasteiger partial charge < -0.3 is 14.4 Å². The Morgan fingerprint density at radius 2 is 1.76 bits per heavy atom. The molecule has 2 aromatic carbocycles. The summed E-state index contributed by atoms with van der Waals surface area (Å²) < 4.78 is 12.6. The van der Waals surface area contributed by atoms with Gasteiger partial charge in [-0.05, 0) is 68.0 Å². The molecule has 7 nitrogen and oxygen atoms in total. The van der Waals surface area contributed by atoms with Gasteiger partial charge in [0.1, 0.15) is 11.6 Å². The van der Waals surface area contributed by atoms with Crippen LogP contribution in [0, 0.1) is 11.3 Å². The molecule has 1 heterocycles. The van der Waals surface area contributed by atoms with E-state index in [2.05, 4.69) is 27.7 Å². The van der Waals surface area contributed by atoms with Gasteiger partial charge in [-0.3, -0.25) is 14.2 Å². The number of rotatable bonds is 11. The molecule has 0 aliphatic heterocycles. The Kier molecular flexibility index (Phi) is 9.49. The first-order valence-electron chi connectivity index (χ1n) is 13.1. The highest BCUT2D eigenvalue weighted by Gasteiger charge is 2.28. The Hall–Kier alpha value is -3.19. The molecule has 3 rings (SSSR count). The van der Waals surface area contributed by atoms with E-state index in [1.54, 1.807) is 22.6 Å². The van der Waals surface area contributed by atoms with Crippen molar-refractivity contribution < 1.29 is 14.3 Å². The van der Waals surface area contributed by atoms with Crippen LogP contribution < -0.4 is 10.3 Å². The molecule has 1 aromatic heterocycles. The number of hydrogen-bond donors (Lipinski definition) is 0. The second-order valence-electron chi connectivity index (χ2n) is 10.9. The number of para-hydroxylation sites is 1. The van der Waals surface area contributed by atoms with Crippen molar-refractivity contribution in [3.63, 3.8) is 0 Å². The van der Waals surface area contributed by atoms with Gasteiger partial charge in [-0.25, -0.2) is 4.98 Å². The smallest absolute Gasteiger partial charge is 0.266 e. The quantitative estimate of drug-likeness (QED) is 0.329. The van der Waals surface area contributed by atoms with E-state index in [1.165, 1.54) is 0 Å². The highest BCUT2D eigenvalue weighted by atomic mass is 16.5. The first kappa shape index (κ1) is 28.4. The number of fused-ring (bicyclic) bond motifs is 1. The van der Waals surface area contributed by atoms with Gasteiger partial charge in [-0.15, -0.1) is 0 Å². The predicted octanol–water partition coefficient (Wildman–Crippen LogP) is 5.78. The Balaban J connectivity index is 2.09. The summed E-state index contributed by atoms with van der Waals surface area (Å²) in [6, 6.07) is 14.3. The summed E-state index contributed by atoms with van der Waals surface area (Å²) in [5.41, 5.74) is 1.25. The molecule has 2 unspecified atom stereocenters. The Bertz CT molecular complexity index is 1240. The van der Waals surface area contributed by atoms with Crippen molar-refractivity contribution in [2.75, 3.05) is 26.9 Å². The molecule has 0 aliphatic carbocycles. The van der Waals surface area contributed by atoms with Crippen LogP contribution in [0.2, 0.25) is 0 Å². The summed E-state index contributed by atoms with van der Waals surface area (Å²) in [6.07, 6.45) is 1.36. The highest BCUT2D eigenvalue weighted by Crippen LogP contribution is 2.29. The van der Waals surface area contributed by atoms with Crippen molar-refractivity contribution in [1.29, 1.82) is 0 Å². The van der Waals surface area contributed by atoms with Crippen LogP contribution >= 0.6 is 0 Å². The molecule has 2 atom stereocenters. The molecule has 200 valence electrons. The minimum Gasteiger partial charge on any atom is -0.494 e. The third-order valence-corrected chi connectivity index (χ3v) is 6.39. The molecule has 0 spiro atoms. The molecule has 0 saturated carbocycles. The van der Waals surface area contributed by atoms with Gasteiger partial charge in [0.15, 0.2) is 0 Å². The minimum absolute atomic E-state index is 0.0296. The third-order valence-electron chi connectivity index (χ3n) is 6.39. The van der Waals surface area contributed by atoms with Gasteiger partial charge in [-0.2, -0.15) is 0 Å². The maximum absolute atomic E-state index is 13.8. The van der Waals surface area contributed by atoms with E-state index >= 15 is 0 Å². The molecule has 0 aliphatic rings. The third kappa shape index (κ3) is 7.19. The first-order chi connectivity index (χ1) is 17.6. The van der Waals surface area contributed by atoms with Crippen LogP contribution in [0.5, 0.6) is 5.75 Å². The van der Waals surface area contributed by atoms with Crippen LogP contribution in [0.25, 0.3) is 16.6 Å². The zero-order valence-electron chi connectivity index (χ0n) is 23.3. The summed E-state index contributed by atoms with van der Waals surface area (Å²) in [4.78, 5) is 34.1. The molecule has 0 N–H and O–H groups in total. The van der Waals surface area contributed by atoms with Crippen LogP contribution in [0.3, 0.4) is 0 Å². The van der Waals surface area contributed by atoms with Crippen LogP contribution in [0.4, 0.5) is 0 Å². The van der Waals surface area contributed by atoms with Crippen molar-refractivity contribution in [2.45, 2.75) is 60.4 Å². The molecule has 0 fully saturated rings. The first-order valence-corrected chi connectivity index (χ1v) is 13.1. The van der Waals surface area contributed by atoms with Crippen molar-refractivity contribution >= 4 is 16.8 Å². The lowest BCUT2D eigenvalue weighted by atomic mass is 9.84. The minimum atomic E-state index is -0.451. The summed E-state index contributed by atoms with van der Waals surface area (Å²) in [7, 11) is 1.62. The molecule has 37 heavy (non-hydrogen) atoms. The second-order valence-corrected chi connectivity index (χ2v) is 10.9. The fourth-order valence-electron chi connectivity index (χ4n) is 4.93. The van der Waals surface area contributed by atoms with E-state index in [1.807, 2.05) is 56.3 Å². The van der Waals surface area contributed by atoms with Gasteiger partial charge >= 0.3 is 0 Å². The lowest BCUT2D eigenvalue weighted by Crippen LogP contribution is -2.40. The summed E-state index contributed by atoms with van der Waals surface area (Å²) in [6.45, 7) is 13.9. The fourth-order valence-corrected chi connectivity index (χ4v) is 4.93. The molecule has 1 amide bonds. The number of benzene rings is 2. The number of nitrogens with zero attached hydrogens (tertiary/aromatic N) is 3. The van der Waals surface area contributed by atoms with Gasteiger partial charge in [0.05, 0.1) is 35.8 Å². The Labute approximate surface area is 220 Å². The average molecular weight is 508 g/mol. The number of aromatic nitrogens is 2. The van der Waals surface area contributed by atoms with Gasteiger partial charge in [0.2, 0.25) is 5.91 Å². The largest absolute Gasteiger partial charge is 0.494 e. The predicted molar refractivity (Wildman–Crippen MR) is 148 cm³/mol. The van der Waals surface area contributed by atoms with E-state index in [4.69, 9.17) is 14.5 Å². The van der Waals surface area contributed by atoms with Gasteiger partial charge in [0, 0.05) is 20.1 Å². The molecule has 7 heteroatoms. The number of carbonyl (C=O) groups is 1. The van der Waals surface area contributed by atoms with Crippen LogP contribution in [0.1, 0.15) is 66.3 Å². The van der Waals surface area contributed by atoms with Gasteiger partial charge in [0.25, 0.3) is 5.56 Å². The summed E-state index contributed by atoms with van der Waals surface area (Å²) in [5, 5.41) is 0.529. The zero-order valence-corrected chi connectivity index (χ0v) is 23.3. The molecule has 3 aromatic rings. The Morgan fingerprint density at radius 3 is 2.38 bits per heavy atom. The topological polar surface area (TPSA) is 73.7 Å². The lowest BCUT2D eigenvalue weighted by molar-refractivity contribution is -0.135. The maximum atomic E-state index is 13.8. The van der Waals surface area contributed by atoms with Crippen molar-refractivity contribution in [3.05, 3.63) is 64.7 Å². The van der Waals surface area contributed by atoms with E-state index in [0.29, 0.717) is 48.6 Å². The van der Waals surface area contributed by atoms with Crippen molar-refractivity contribution in [3.8, 4) is 11.4 Å². The summed E-state index contributed by atoms with van der Waals surface area (Å²) >= 11 is 0. The molecular formula is C30H41N3O4. The van der Waals surface area contributed by atoms with Crippen molar-refractivity contribution in [1.82, 2.24) is 14.5 Å². The zero-order chi connectivity index (χ0) is 27.2. The average Bonchev–Trinajstić information content (AvgIpc) is 2.83. The lowest BCUT2D eigenvalue weighted by Gasteiger charge is -2.32. The number of ether oxygens (including phenoxy) is 2. The number of amides is 1. The SMILES string of the molecule is CCOc1ccc(-n2c(C(C)N(CCOC)C(=O)CC(C)CC(C)(C)C)nc3ccccc3c2=O)cc1. The van der Waals surface area contributed by atoms with E-state index < -0.39 is 6.04 Å². The van der Waals surface area contributed by atoms with E-state index in [-0.39, 0.29) is 22.8 Å². The fraction of sp³-hybridized carbons (Fsp3) is 0.500. The number of carbonyl (C=O) groups excluding carboxylic acids is 1. The second kappa shape index (κ2) is 12.4. The van der Waals surface area contributed by atoms with Crippen molar-refractivity contribution in [2.24, 2.45) is 11.3 Å². The van der Waals surface area contributed by atoms with Crippen LogP contribution in [0.15, 0.2) is 53.3 Å². The molecule has 0 radical (unpaired) electrons. The molecular weight excluding hydrogens is 466 g/mol. The Morgan fingerprint density at radius 1 is 1.08 bits per heavy atom. The highest BCUT2D eigenvalue weighted by molar-refractivity contribution is 5.79. The van der Waals surface area contributed by atoms with Crippen LogP contribution in [-0.2, 0) is 9.53 Å². The van der Waals surface area contributed by atoms with Gasteiger partial charge in [-0.1, -0.05) is 39.8 Å². The molecule has 0 bridgehead atoms. The van der Waals surface area contributed by atoms with Crippen LogP contribution in [-0.4, -0.2) is 47.2 Å². The standard InChI is InChI=1S/C30H41N3O4/c1-8-37-24-15-13-23(14-16-24)33-28(31-26-12-10-9-11-25(26)29(33)35)22(3)32(17-18-36-7)27(34)19-21(2)20-30(4,5)6/h9-16,21-22H,8,17-20H2,1-7H3. The monoisotopic (exact) mass is 507 g/mol. The number of hydrogen-bond acceptors (Lipinski definition) is 5. The van der Waals surface area contributed by atoms with E-state index in [9.17, 15) is 9.59 Å². The molecule has 0 saturated heterocycles. The number of methoxy groups -OCH3 is 1. The maximum Gasteiger partial charge on any atom is 0.266 e. The van der Waals surface area contributed by atoms with E-state index in [0.717, 1.165) is 12.2 Å². The summed E-state index contributed by atoms with van der Waals surface area (Å²) in [5.74, 6) is 1.50. The normalized spacial score (nSPS) is 13.4.